The summed E-state index contributed by atoms with van der Waals surface area (Å²) < 4.78 is 0. The van der Waals surface area contributed by atoms with Gasteiger partial charge in [0, 0.05) is 0 Å². The predicted octanol–water partition coefficient (Wildman–Crippen LogP) is 0.200. The lowest BCUT2D eigenvalue weighted by molar-refractivity contribution is -0.148. The van der Waals surface area contributed by atoms with Gasteiger partial charge in [-0.1, -0.05) is 20.8 Å². The molecule has 3 N–H and O–H groups in total. The second kappa shape index (κ2) is 3.69. The molecule has 1 atom stereocenters. The fraction of sp³-hybridized carbons (Fsp3) is 0.857. The highest BCUT2D eigenvalue weighted by atomic mass is 16.7. The Morgan fingerprint density at radius 3 is 2.36 bits per heavy atom. The Kier molecular flexibility index (Phi) is 3.48. The summed E-state index contributed by atoms with van der Waals surface area (Å²) >= 11 is 0. The first kappa shape index (κ1) is 10.4. The van der Waals surface area contributed by atoms with E-state index in [4.69, 9.17) is 0 Å². The highest BCUT2D eigenvalue weighted by Gasteiger charge is 2.24. The quantitative estimate of drug-likeness (QED) is 0.567. The molecule has 0 aromatic carbocycles. The van der Waals surface area contributed by atoms with E-state index in [0.29, 0.717) is 0 Å². The zero-order valence-corrected chi connectivity index (χ0v) is 7.13. The summed E-state index contributed by atoms with van der Waals surface area (Å²) in [6, 6.07) is 0. The molecule has 0 aliphatic rings. The summed E-state index contributed by atoms with van der Waals surface area (Å²) in [7, 11) is 0. The van der Waals surface area contributed by atoms with Crippen molar-refractivity contribution >= 4 is 5.97 Å². The van der Waals surface area contributed by atoms with Crippen LogP contribution in [-0.4, -0.2) is 17.2 Å². The molecule has 0 aromatic rings. The van der Waals surface area contributed by atoms with Crippen LogP contribution in [0.4, 0.5) is 0 Å². The van der Waals surface area contributed by atoms with Crippen molar-refractivity contribution in [2.24, 2.45) is 11.3 Å². The van der Waals surface area contributed by atoms with Crippen molar-refractivity contribution in [3.8, 4) is 0 Å². The van der Waals surface area contributed by atoms with Gasteiger partial charge in [0.2, 0.25) is 0 Å². The topological polar surface area (TPSA) is 72.5 Å². The molecule has 4 heteroatoms. The Morgan fingerprint density at radius 1 is 1.64 bits per heavy atom. The fourth-order valence-corrected chi connectivity index (χ4v) is 0.512. The van der Waals surface area contributed by atoms with Crippen molar-refractivity contribution in [2.75, 3.05) is 0 Å². The van der Waals surface area contributed by atoms with Crippen molar-refractivity contribution in [1.82, 2.24) is 0 Å². The lowest BCUT2D eigenvalue weighted by Crippen LogP contribution is -2.30. The van der Waals surface area contributed by atoms with E-state index in [-0.39, 0.29) is 11.8 Å². The van der Waals surface area contributed by atoms with Crippen LogP contribution in [0.1, 0.15) is 27.2 Å². The highest BCUT2D eigenvalue weighted by Crippen LogP contribution is 2.21. The second-order valence-corrected chi connectivity index (χ2v) is 3.58. The molecular weight excluding hydrogens is 146 g/mol. The number of carbonyl (C=O) groups is 1. The average Bonchev–Trinajstić information content (AvgIpc) is 1.85. The molecule has 0 saturated heterocycles. The monoisotopic (exact) mass is 161 g/mol. The first-order chi connectivity index (χ1) is 4.88. The first-order valence-electron chi connectivity index (χ1n) is 3.45. The van der Waals surface area contributed by atoms with Gasteiger partial charge in [-0.2, -0.15) is 5.90 Å². The van der Waals surface area contributed by atoms with E-state index in [0.717, 1.165) is 0 Å². The van der Waals surface area contributed by atoms with Crippen molar-refractivity contribution in [3.05, 3.63) is 0 Å². The minimum Gasteiger partial charge on any atom is -0.392 e. The first-order valence-corrected chi connectivity index (χ1v) is 3.45. The third-order valence-electron chi connectivity index (χ3n) is 1.49. The standard InChI is InChI=1S/C7H15NO3/c1-7(2,3)5(9)4-6(10)11-8/h5,9H,4,8H2,1-3H3. The molecule has 11 heavy (non-hydrogen) atoms. The Bertz CT molecular complexity index is 139. The van der Waals surface area contributed by atoms with Crippen molar-refractivity contribution in [1.29, 1.82) is 0 Å². The maximum absolute atomic E-state index is 10.6. The largest absolute Gasteiger partial charge is 0.392 e. The van der Waals surface area contributed by atoms with Crippen LogP contribution in [0.25, 0.3) is 0 Å². The second-order valence-electron chi connectivity index (χ2n) is 3.58. The predicted molar refractivity (Wildman–Crippen MR) is 40.4 cm³/mol. The zero-order valence-electron chi connectivity index (χ0n) is 7.13. The van der Waals surface area contributed by atoms with Crippen LogP contribution >= 0.6 is 0 Å². The minimum absolute atomic E-state index is 0.0556. The normalized spacial score (nSPS) is 14.3. The molecule has 0 heterocycles. The van der Waals surface area contributed by atoms with Crippen LogP contribution in [-0.2, 0) is 9.63 Å². The number of rotatable bonds is 2. The van der Waals surface area contributed by atoms with E-state index >= 15 is 0 Å². The summed E-state index contributed by atoms with van der Waals surface area (Å²) in [5, 5.41) is 9.33. The Morgan fingerprint density at radius 2 is 2.09 bits per heavy atom. The van der Waals surface area contributed by atoms with Crippen molar-refractivity contribution in [2.45, 2.75) is 33.3 Å². The SMILES string of the molecule is CC(C)(C)C(O)CC(=O)ON. The van der Waals surface area contributed by atoms with Gasteiger partial charge in [-0.3, -0.25) is 4.79 Å². The third kappa shape index (κ3) is 3.95. The molecule has 0 aromatic heterocycles. The number of hydrogen-bond acceptors (Lipinski definition) is 4. The summed E-state index contributed by atoms with van der Waals surface area (Å²) in [5.74, 6) is 4.01. The van der Waals surface area contributed by atoms with Crippen LogP contribution in [0.15, 0.2) is 0 Å². The van der Waals surface area contributed by atoms with Gasteiger partial charge >= 0.3 is 5.97 Å². The highest BCUT2D eigenvalue weighted by molar-refractivity contribution is 5.69. The molecular formula is C7H15NO3. The summed E-state index contributed by atoms with van der Waals surface area (Å²) in [6.45, 7) is 5.50. The molecule has 66 valence electrons. The van der Waals surface area contributed by atoms with Crippen LogP contribution in [0.5, 0.6) is 0 Å². The third-order valence-corrected chi connectivity index (χ3v) is 1.49. The molecule has 0 spiro atoms. The molecule has 0 bridgehead atoms. The smallest absolute Gasteiger partial charge is 0.327 e. The van der Waals surface area contributed by atoms with E-state index in [1.54, 1.807) is 0 Å². The minimum atomic E-state index is -0.710. The average molecular weight is 161 g/mol. The van der Waals surface area contributed by atoms with Gasteiger partial charge in [-0.05, 0) is 5.41 Å². The number of aliphatic hydroxyl groups is 1. The molecule has 1 unspecified atom stereocenters. The van der Waals surface area contributed by atoms with Crippen LogP contribution in [0.3, 0.4) is 0 Å². The van der Waals surface area contributed by atoms with E-state index < -0.39 is 12.1 Å². The Labute approximate surface area is 66.3 Å². The van der Waals surface area contributed by atoms with Gasteiger partial charge in [0.05, 0.1) is 12.5 Å². The van der Waals surface area contributed by atoms with Gasteiger partial charge in [0.1, 0.15) is 0 Å². The summed E-state index contributed by atoms with van der Waals surface area (Å²) in [5.41, 5.74) is -0.311. The van der Waals surface area contributed by atoms with Crippen LogP contribution < -0.4 is 5.90 Å². The number of carbonyl (C=O) groups excluding carboxylic acids is 1. The molecule has 0 rings (SSSR count). The van der Waals surface area contributed by atoms with E-state index in [2.05, 4.69) is 10.7 Å². The number of hydrogen-bond donors (Lipinski definition) is 2. The Hall–Kier alpha value is -0.610. The molecule has 0 radical (unpaired) electrons. The van der Waals surface area contributed by atoms with Gasteiger partial charge < -0.3 is 9.94 Å². The van der Waals surface area contributed by atoms with Crippen molar-refractivity contribution in [3.63, 3.8) is 0 Å². The number of nitrogens with two attached hydrogens (primary N) is 1. The van der Waals surface area contributed by atoms with Crippen molar-refractivity contribution < 1.29 is 14.7 Å². The van der Waals surface area contributed by atoms with Crippen LogP contribution in [0.2, 0.25) is 0 Å². The molecule has 0 saturated carbocycles. The van der Waals surface area contributed by atoms with Gasteiger partial charge in [-0.25, -0.2) is 0 Å². The molecule has 0 aliphatic carbocycles. The van der Waals surface area contributed by atoms with E-state index in [1.165, 1.54) is 0 Å². The van der Waals surface area contributed by atoms with Crippen LogP contribution in [0, 0.1) is 5.41 Å². The van der Waals surface area contributed by atoms with E-state index in [9.17, 15) is 9.90 Å². The molecule has 0 amide bonds. The lowest BCUT2D eigenvalue weighted by atomic mass is 9.87. The fourth-order valence-electron chi connectivity index (χ4n) is 0.512. The molecule has 0 fully saturated rings. The van der Waals surface area contributed by atoms with Gasteiger partial charge in [0.15, 0.2) is 0 Å². The molecule has 4 nitrogen and oxygen atoms in total. The maximum atomic E-state index is 10.6. The lowest BCUT2D eigenvalue weighted by Gasteiger charge is -2.24. The maximum Gasteiger partial charge on any atom is 0.327 e. The summed E-state index contributed by atoms with van der Waals surface area (Å²) in [4.78, 5) is 14.5. The van der Waals surface area contributed by atoms with Gasteiger partial charge in [0.25, 0.3) is 0 Å². The molecule has 0 aliphatic heterocycles. The van der Waals surface area contributed by atoms with E-state index in [1.807, 2.05) is 20.8 Å². The summed E-state index contributed by atoms with van der Waals surface area (Å²) in [6.07, 6.45) is -0.765. The Balaban J connectivity index is 3.87. The zero-order chi connectivity index (χ0) is 9.07. The number of aliphatic hydroxyl groups excluding tert-OH is 1. The van der Waals surface area contributed by atoms with Gasteiger partial charge in [-0.15, -0.1) is 0 Å².